The summed E-state index contributed by atoms with van der Waals surface area (Å²) in [6, 6.07) is 8.32. The average Bonchev–Trinajstić information content (AvgIpc) is 3.16. The summed E-state index contributed by atoms with van der Waals surface area (Å²) in [5, 5.41) is 0.573. The van der Waals surface area contributed by atoms with Crippen LogP contribution in [0.2, 0.25) is 0 Å². The monoisotopic (exact) mass is 383 g/mol. The van der Waals surface area contributed by atoms with E-state index in [1.54, 1.807) is 24.3 Å². The molecule has 1 aromatic carbocycles. The van der Waals surface area contributed by atoms with Gasteiger partial charge >= 0.3 is 5.97 Å². The van der Waals surface area contributed by atoms with E-state index >= 15 is 0 Å². The van der Waals surface area contributed by atoms with Gasteiger partial charge in [-0.1, -0.05) is 38.0 Å². The number of thiophene rings is 1. The van der Waals surface area contributed by atoms with Crippen LogP contribution in [0.5, 0.6) is 0 Å². The lowest BCUT2D eigenvalue weighted by Crippen LogP contribution is -2.32. The van der Waals surface area contributed by atoms with Crippen LogP contribution in [0.4, 0.5) is 0 Å². The molecule has 6 heteroatoms. The molecule has 0 N–H and O–H groups in total. The Hall–Kier alpha value is -2.47. The van der Waals surface area contributed by atoms with Crippen molar-refractivity contribution in [1.82, 2.24) is 5.06 Å². The molecule has 1 aliphatic heterocycles. The molecule has 1 aromatic heterocycles. The Morgan fingerprint density at radius 1 is 1.15 bits per heavy atom. The van der Waals surface area contributed by atoms with Gasteiger partial charge in [0.2, 0.25) is 0 Å². The van der Waals surface area contributed by atoms with Gasteiger partial charge in [0.25, 0.3) is 11.8 Å². The molecular weight excluding hydrogens is 362 g/mol. The molecule has 0 saturated heterocycles. The molecule has 140 valence electrons. The number of hydrogen-bond donors (Lipinski definition) is 0. The topological polar surface area (TPSA) is 63.7 Å². The zero-order chi connectivity index (χ0) is 19.3. The molecule has 2 aliphatic rings. The molecule has 4 rings (SSSR count). The van der Waals surface area contributed by atoms with Gasteiger partial charge in [0, 0.05) is 4.88 Å². The van der Waals surface area contributed by atoms with Crippen molar-refractivity contribution in [1.29, 1.82) is 0 Å². The third-order valence-electron chi connectivity index (χ3n) is 5.44. The minimum atomic E-state index is -0.656. The first-order valence-corrected chi connectivity index (χ1v) is 9.89. The number of imide groups is 1. The molecule has 0 spiro atoms. The van der Waals surface area contributed by atoms with Gasteiger partial charge in [0.1, 0.15) is 4.88 Å². The summed E-state index contributed by atoms with van der Waals surface area (Å²) in [4.78, 5) is 44.1. The molecule has 2 aromatic rings. The smallest absolute Gasteiger partial charge is 0.323 e. The van der Waals surface area contributed by atoms with Crippen LogP contribution in [0.3, 0.4) is 0 Å². The van der Waals surface area contributed by atoms with Crippen molar-refractivity contribution >= 4 is 29.1 Å². The lowest BCUT2D eigenvalue weighted by molar-refractivity contribution is -0.0581. The maximum Gasteiger partial charge on any atom is 0.373 e. The first-order chi connectivity index (χ1) is 12.8. The zero-order valence-corrected chi connectivity index (χ0v) is 16.4. The van der Waals surface area contributed by atoms with Gasteiger partial charge in [-0.05, 0) is 54.4 Å². The summed E-state index contributed by atoms with van der Waals surface area (Å²) in [6.45, 7) is 6.73. The summed E-state index contributed by atoms with van der Waals surface area (Å²) in [7, 11) is 0. The van der Waals surface area contributed by atoms with Crippen molar-refractivity contribution in [2.24, 2.45) is 11.3 Å². The third-order valence-corrected chi connectivity index (χ3v) is 6.66. The lowest BCUT2D eigenvalue weighted by Gasteiger charge is -2.33. The highest BCUT2D eigenvalue weighted by Gasteiger charge is 2.39. The fourth-order valence-electron chi connectivity index (χ4n) is 3.74. The van der Waals surface area contributed by atoms with Gasteiger partial charge in [-0.25, -0.2) is 4.79 Å². The Morgan fingerprint density at radius 3 is 2.37 bits per heavy atom. The number of benzene rings is 1. The number of nitrogens with zero attached hydrogens (tertiary/aromatic N) is 1. The van der Waals surface area contributed by atoms with Gasteiger partial charge in [-0.2, -0.15) is 0 Å². The standard InChI is InChI=1S/C21H21NO4S/c1-21(2,3)13-8-9-16-12(10-13)11-17(27-16)20(25)26-22-18(23)14-6-4-5-7-15(14)19(22)24/h4-7,11,13H,8-10H2,1-3H3. The molecule has 0 radical (unpaired) electrons. The quantitative estimate of drug-likeness (QED) is 0.727. The Bertz CT molecular complexity index is 918. The summed E-state index contributed by atoms with van der Waals surface area (Å²) in [5.74, 6) is -1.29. The minimum Gasteiger partial charge on any atom is -0.323 e. The van der Waals surface area contributed by atoms with Crippen molar-refractivity contribution < 1.29 is 19.2 Å². The van der Waals surface area contributed by atoms with E-state index in [2.05, 4.69) is 20.8 Å². The van der Waals surface area contributed by atoms with E-state index in [4.69, 9.17) is 4.84 Å². The van der Waals surface area contributed by atoms with Crippen LogP contribution in [0.15, 0.2) is 30.3 Å². The summed E-state index contributed by atoms with van der Waals surface area (Å²) in [6.07, 6.45) is 2.99. The largest absolute Gasteiger partial charge is 0.373 e. The summed E-state index contributed by atoms with van der Waals surface area (Å²) < 4.78 is 0. The van der Waals surface area contributed by atoms with Crippen LogP contribution < -0.4 is 0 Å². The van der Waals surface area contributed by atoms with E-state index < -0.39 is 17.8 Å². The van der Waals surface area contributed by atoms with Crippen LogP contribution in [-0.2, 0) is 17.7 Å². The van der Waals surface area contributed by atoms with E-state index in [-0.39, 0.29) is 16.5 Å². The Kier molecular flexibility index (Phi) is 4.18. The first-order valence-electron chi connectivity index (χ1n) is 9.07. The van der Waals surface area contributed by atoms with Crippen molar-refractivity contribution in [3.63, 3.8) is 0 Å². The number of hydroxylamine groups is 2. The molecule has 1 unspecified atom stereocenters. The molecule has 5 nitrogen and oxygen atoms in total. The first kappa shape index (κ1) is 17.9. The predicted octanol–water partition coefficient (Wildman–Crippen LogP) is 4.27. The molecule has 0 fully saturated rings. The Morgan fingerprint density at radius 2 is 1.78 bits per heavy atom. The Balaban J connectivity index is 1.52. The number of carbonyl (C=O) groups is 3. The van der Waals surface area contributed by atoms with Crippen LogP contribution in [0.25, 0.3) is 0 Å². The highest BCUT2D eigenvalue weighted by Crippen LogP contribution is 2.40. The van der Waals surface area contributed by atoms with Crippen molar-refractivity contribution in [3.8, 4) is 0 Å². The number of aryl methyl sites for hydroxylation is 1. The van der Waals surface area contributed by atoms with Crippen LogP contribution in [0, 0.1) is 11.3 Å². The van der Waals surface area contributed by atoms with Gasteiger partial charge in [-0.3, -0.25) is 9.59 Å². The molecule has 0 bridgehead atoms. The molecular formula is C21H21NO4S. The maximum absolute atomic E-state index is 12.6. The van der Waals surface area contributed by atoms with E-state index in [9.17, 15) is 14.4 Å². The Labute approximate surface area is 161 Å². The number of hydrogen-bond acceptors (Lipinski definition) is 5. The molecule has 2 heterocycles. The van der Waals surface area contributed by atoms with E-state index in [0.29, 0.717) is 15.9 Å². The van der Waals surface area contributed by atoms with Crippen LogP contribution >= 0.6 is 11.3 Å². The van der Waals surface area contributed by atoms with E-state index in [1.165, 1.54) is 21.8 Å². The minimum absolute atomic E-state index is 0.223. The molecule has 0 saturated carbocycles. The zero-order valence-electron chi connectivity index (χ0n) is 15.6. The van der Waals surface area contributed by atoms with Gasteiger partial charge < -0.3 is 4.84 Å². The fourth-order valence-corrected chi connectivity index (χ4v) is 4.82. The molecule has 1 atom stereocenters. The lowest BCUT2D eigenvalue weighted by atomic mass is 9.72. The average molecular weight is 383 g/mol. The van der Waals surface area contributed by atoms with E-state index in [1.807, 2.05) is 6.07 Å². The van der Waals surface area contributed by atoms with Gasteiger partial charge in [0.05, 0.1) is 11.1 Å². The molecule has 27 heavy (non-hydrogen) atoms. The van der Waals surface area contributed by atoms with Crippen LogP contribution in [0.1, 0.15) is 68.0 Å². The summed E-state index contributed by atoms with van der Waals surface area (Å²) in [5.41, 5.74) is 1.92. The highest BCUT2D eigenvalue weighted by atomic mass is 32.1. The number of carbonyl (C=O) groups excluding carboxylic acids is 3. The second-order valence-corrected chi connectivity index (χ2v) is 9.33. The number of fused-ring (bicyclic) bond motifs is 2. The van der Waals surface area contributed by atoms with Crippen molar-refractivity contribution in [2.45, 2.75) is 40.0 Å². The normalized spacial score (nSPS) is 19.1. The van der Waals surface area contributed by atoms with Gasteiger partial charge in [-0.15, -0.1) is 11.3 Å². The highest BCUT2D eigenvalue weighted by molar-refractivity contribution is 7.14. The summed E-state index contributed by atoms with van der Waals surface area (Å²) >= 11 is 1.40. The molecule has 2 amide bonds. The van der Waals surface area contributed by atoms with Crippen molar-refractivity contribution in [2.75, 3.05) is 0 Å². The molecule has 1 aliphatic carbocycles. The van der Waals surface area contributed by atoms with Crippen molar-refractivity contribution in [3.05, 3.63) is 56.8 Å². The predicted molar refractivity (Wildman–Crippen MR) is 102 cm³/mol. The second kappa shape index (κ2) is 6.30. The maximum atomic E-state index is 12.6. The third kappa shape index (κ3) is 3.08. The van der Waals surface area contributed by atoms with E-state index in [0.717, 1.165) is 19.3 Å². The fraction of sp³-hybridized carbons (Fsp3) is 0.381. The number of rotatable bonds is 2. The van der Waals surface area contributed by atoms with Crippen LogP contribution in [-0.4, -0.2) is 22.8 Å². The SMILES string of the molecule is CC(C)(C)C1CCc2sc(C(=O)ON3C(=O)c4ccccc4C3=O)cc2C1. The second-order valence-electron chi connectivity index (χ2n) is 8.19. The van der Waals surface area contributed by atoms with Gasteiger partial charge in [0.15, 0.2) is 0 Å². The number of amides is 2.